The van der Waals surface area contributed by atoms with Gasteiger partial charge < -0.3 is 10.2 Å². The van der Waals surface area contributed by atoms with Gasteiger partial charge in [-0.25, -0.2) is 0 Å². The van der Waals surface area contributed by atoms with Gasteiger partial charge in [0.15, 0.2) is 0 Å². The quantitative estimate of drug-likeness (QED) is 0.893. The zero-order valence-electron chi connectivity index (χ0n) is 14.9. The SMILES string of the molecule is Cc1ccc(C(=O)N2CCC(NC(=O)Cc3ccc(Cl)cc3)CC2)cc1. The minimum Gasteiger partial charge on any atom is -0.353 e. The van der Waals surface area contributed by atoms with Gasteiger partial charge in [-0.1, -0.05) is 41.4 Å². The summed E-state index contributed by atoms with van der Waals surface area (Å²) < 4.78 is 0. The van der Waals surface area contributed by atoms with E-state index in [1.54, 1.807) is 12.1 Å². The Kier molecular flexibility index (Phi) is 5.94. The van der Waals surface area contributed by atoms with Gasteiger partial charge in [-0.3, -0.25) is 9.59 Å². The Morgan fingerprint density at radius 2 is 1.65 bits per heavy atom. The Hall–Kier alpha value is -2.33. The van der Waals surface area contributed by atoms with Crippen molar-refractivity contribution in [2.45, 2.75) is 32.2 Å². The van der Waals surface area contributed by atoms with E-state index in [4.69, 9.17) is 11.6 Å². The first-order valence-corrected chi connectivity index (χ1v) is 9.29. The number of hydrogen-bond acceptors (Lipinski definition) is 2. The zero-order chi connectivity index (χ0) is 18.5. The molecule has 0 bridgehead atoms. The molecule has 2 amide bonds. The number of carbonyl (C=O) groups is 2. The summed E-state index contributed by atoms with van der Waals surface area (Å²) in [6.07, 6.45) is 1.91. The van der Waals surface area contributed by atoms with Crippen LogP contribution in [0.1, 0.15) is 34.3 Å². The predicted molar refractivity (Wildman–Crippen MR) is 103 cm³/mol. The number of amides is 2. The molecule has 26 heavy (non-hydrogen) atoms. The molecule has 3 rings (SSSR count). The third kappa shape index (κ3) is 4.85. The second kappa shape index (κ2) is 8.37. The number of hydrogen-bond donors (Lipinski definition) is 1. The standard InChI is InChI=1S/C21H23ClN2O2/c1-15-2-6-17(7-3-15)21(26)24-12-10-19(11-13-24)23-20(25)14-16-4-8-18(22)9-5-16/h2-9,19H,10-14H2,1H3,(H,23,25). The Labute approximate surface area is 159 Å². The van der Waals surface area contributed by atoms with E-state index in [9.17, 15) is 9.59 Å². The number of benzene rings is 2. The van der Waals surface area contributed by atoms with Crippen molar-refractivity contribution >= 4 is 23.4 Å². The van der Waals surface area contributed by atoms with Crippen molar-refractivity contribution in [3.05, 3.63) is 70.2 Å². The first-order valence-electron chi connectivity index (χ1n) is 8.91. The van der Waals surface area contributed by atoms with Crippen LogP contribution in [0.4, 0.5) is 0 Å². The lowest BCUT2D eigenvalue weighted by molar-refractivity contribution is -0.121. The van der Waals surface area contributed by atoms with Gasteiger partial charge >= 0.3 is 0 Å². The maximum Gasteiger partial charge on any atom is 0.253 e. The van der Waals surface area contributed by atoms with Crippen molar-refractivity contribution < 1.29 is 9.59 Å². The van der Waals surface area contributed by atoms with Crippen LogP contribution in [0, 0.1) is 6.92 Å². The summed E-state index contributed by atoms with van der Waals surface area (Å²) >= 11 is 5.86. The number of carbonyl (C=O) groups excluding carboxylic acids is 2. The number of nitrogens with zero attached hydrogens (tertiary/aromatic N) is 1. The molecule has 2 aromatic carbocycles. The van der Waals surface area contributed by atoms with Crippen molar-refractivity contribution in [3.63, 3.8) is 0 Å². The highest BCUT2D eigenvalue weighted by atomic mass is 35.5. The number of rotatable bonds is 4. The van der Waals surface area contributed by atoms with E-state index in [0.717, 1.165) is 29.5 Å². The van der Waals surface area contributed by atoms with E-state index in [0.29, 0.717) is 24.5 Å². The summed E-state index contributed by atoms with van der Waals surface area (Å²) in [5.74, 6) is 0.0755. The van der Waals surface area contributed by atoms with Crippen LogP contribution in [-0.4, -0.2) is 35.8 Å². The fourth-order valence-electron chi connectivity index (χ4n) is 3.17. The van der Waals surface area contributed by atoms with Crippen LogP contribution in [0.25, 0.3) is 0 Å². The fraction of sp³-hybridized carbons (Fsp3) is 0.333. The lowest BCUT2D eigenvalue weighted by Crippen LogP contribution is -2.46. The van der Waals surface area contributed by atoms with E-state index in [-0.39, 0.29) is 17.9 Å². The minimum absolute atomic E-state index is 0.00985. The molecule has 1 fully saturated rings. The molecule has 2 aromatic rings. The van der Waals surface area contributed by atoms with Gasteiger partial charge in [-0.15, -0.1) is 0 Å². The number of likely N-dealkylation sites (tertiary alicyclic amines) is 1. The number of nitrogens with one attached hydrogen (secondary N) is 1. The molecule has 0 aliphatic carbocycles. The van der Waals surface area contributed by atoms with Gasteiger partial charge in [-0.05, 0) is 49.6 Å². The summed E-state index contributed by atoms with van der Waals surface area (Å²) in [6, 6.07) is 15.1. The Morgan fingerprint density at radius 1 is 1.04 bits per heavy atom. The van der Waals surface area contributed by atoms with Crippen molar-refractivity contribution in [3.8, 4) is 0 Å². The van der Waals surface area contributed by atoms with Crippen LogP contribution in [-0.2, 0) is 11.2 Å². The number of piperidine rings is 1. The van der Waals surface area contributed by atoms with E-state index in [1.807, 2.05) is 48.2 Å². The molecule has 1 heterocycles. The third-order valence-electron chi connectivity index (χ3n) is 4.72. The summed E-state index contributed by atoms with van der Waals surface area (Å²) in [5.41, 5.74) is 2.81. The highest BCUT2D eigenvalue weighted by Crippen LogP contribution is 2.15. The molecule has 0 spiro atoms. The summed E-state index contributed by atoms with van der Waals surface area (Å²) in [6.45, 7) is 3.34. The third-order valence-corrected chi connectivity index (χ3v) is 4.98. The molecule has 0 radical (unpaired) electrons. The predicted octanol–water partition coefficient (Wildman–Crippen LogP) is 3.61. The fourth-order valence-corrected chi connectivity index (χ4v) is 3.30. The second-order valence-corrected chi connectivity index (χ2v) is 7.24. The average Bonchev–Trinajstić information content (AvgIpc) is 2.64. The smallest absolute Gasteiger partial charge is 0.253 e. The molecular formula is C21H23ClN2O2. The van der Waals surface area contributed by atoms with Crippen molar-refractivity contribution in [2.75, 3.05) is 13.1 Å². The van der Waals surface area contributed by atoms with E-state index in [2.05, 4.69) is 5.32 Å². The maximum atomic E-state index is 12.5. The van der Waals surface area contributed by atoms with Gasteiger partial charge in [0.1, 0.15) is 0 Å². The molecular weight excluding hydrogens is 348 g/mol. The Bertz CT molecular complexity index is 764. The normalized spacial score (nSPS) is 14.9. The highest BCUT2D eigenvalue weighted by molar-refractivity contribution is 6.30. The molecule has 1 N–H and O–H groups in total. The molecule has 1 aliphatic heterocycles. The van der Waals surface area contributed by atoms with Crippen LogP contribution in [0.15, 0.2) is 48.5 Å². The molecule has 0 atom stereocenters. The Morgan fingerprint density at radius 3 is 2.27 bits per heavy atom. The molecule has 136 valence electrons. The lowest BCUT2D eigenvalue weighted by atomic mass is 10.0. The van der Waals surface area contributed by atoms with E-state index in [1.165, 1.54) is 0 Å². The Balaban J connectivity index is 1.47. The number of halogens is 1. The second-order valence-electron chi connectivity index (χ2n) is 6.80. The average molecular weight is 371 g/mol. The molecule has 0 saturated carbocycles. The monoisotopic (exact) mass is 370 g/mol. The topological polar surface area (TPSA) is 49.4 Å². The van der Waals surface area contributed by atoms with Crippen LogP contribution in [0.3, 0.4) is 0 Å². The largest absolute Gasteiger partial charge is 0.353 e. The molecule has 1 saturated heterocycles. The molecule has 4 nitrogen and oxygen atoms in total. The minimum atomic E-state index is 0.00985. The summed E-state index contributed by atoms with van der Waals surface area (Å²) in [5, 5.41) is 3.75. The van der Waals surface area contributed by atoms with Crippen molar-refractivity contribution in [2.24, 2.45) is 0 Å². The first-order chi connectivity index (χ1) is 12.5. The van der Waals surface area contributed by atoms with E-state index < -0.39 is 0 Å². The summed E-state index contributed by atoms with van der Waals surface area (Å²) in [7, 11) is 0. The number of aryl methyl sites for hydroxylation is 1. The lowest BCUT2D eigenvalue weighted by Gasteiger charge is -2.32. The molecule has 0 aromatic heterocycles. The van der Waals surface area contributed by atoms with E-state index >= 15 is 0 Å². The summed E-state index contributed by atoms with van der Waals surface area (Å²) in [4.78, 5) is 26.6. The highest BCUT2D eigenvalue weighted by Gasteiger charge is 2.24. The first kappa shape index (κ1) is 18.5. The van der Waals surface area contributed by atoms with Gasteiger partial charge in [-0.2, -0.15) is 0 Å². The van der Waals surface area contributed by atoms with Crippen molar-refractivity contribution in [1.82, 2.24) is 10.2 Å². The van der Waals surface area contributed by atoms with Crippen LogP contribution in [0.2, 0.25) is 5.02 Å². The van der Waals surface area contributed by atoms with Gasteiger partial charge in [0, 0.05) is 29.7 Å². The maximum absolute atomic E-state index is 12.5. The van der Waals surface area contributed by atoms with Crippen LogP contribution in [0.5, 0.6) is 0 Å². The van der Waals surface area contributed by atoms with Crippen molar-refractivity contribution in [1.29, 1.82) is 0 Å². The van der Waals surface area contributed by atoms with Gasteiger partial charge in [0.05, 0.1) is 6.42 Å². The zero-order valence-corrected chi connectivity index (χ0v) is 15.6. The molecule has 0 unspecified atom stereocenters. The molecule has 1 aliphatic rings. The van der Waals surface area contributed by atoms with Crippen LogP contribution >= 0.6 is 11.6 Å². The molecule has 5 heteroatoms. The van der Waals surface area contributed by atoms with Gasteiger partial charge in [0.2, 0.25) is 5.91 Å². The van der Waals surface area contributed by atoms with Gasteiger partial charge in [0.25, 0.3) is 5.91 Å². The van der Waals surface area contributed by atoms with Crippen LogP contribution < -0.4 is 5.32 Å².